The van der Waals surface area contributed by atoms with Crippen LogP contribution in [0.5, 0.6) is 11.5 Å². The van der Waals surface area contributed by atoms with Gasteiger partial charge in [-0.05, 0) is 53.8 Å². The van der Waals surface area contributed by atoms with E-state index in [1.54, 1.807) is 14.2 Å². The first-order valence-corrected chi connectivity index (χ1v) is 20.1. The lowest BCUT2D eigenvalue weighted by Gasteiger charge is -2.37. The minimum atomic E-state index is -1.12. The maximum Gasteiger partial charge on any atom is 0.306 e. The lowest BCUT2D eigenvalue weighted by atomic mass is 9.80. The summed E-state index contributed by atoms with van der Waals surface area (Å²) in [6.45, 7) is 2.26. The van der Waals surface area contributed by atoms with E-state index in [1.165, 1.54) is 71.3 Å². The third-order valence-electron chi connectivity index (χ3n) is 10.0. The van der Waals surface area contributed by atoms with Crippen molar-refractivity contribution in [2.24, 2.45) is 0 Å². The van der Waals surface area contributed by atoms with Crippen LogP contribution in [0.3, 0.4) is 0 Å². The lowest BCUT2D eigenvalue weighted by molar-refractivity contribution is -0.158. The number of ether oxygens (including phenoxy) is 5. The molecule has 0 aromatic heterocycles. The zero-order chi connectivity index (χ0) is 38.9. The van der Waals surface area contributed by atoms with Gasteiger partial charge in [0.25, 0.3) is 0 Å². The van der Waals surface area contributed by atoms with Crippen LogP contribution in [-0.2, 0) is 34.2 Å². The molecule has 0 aliphatic heterocycles. The lowest BCUT2D eigenvalue weighted by Crippen LogP contribution is -2.37. The Morgan fingerprint density at radius 2 is 1.00 bits per heavy atom. The van der Waals surface area contributed by atoms with Gasteiger partial charge < -0.3 is 23.7 Å². The number of carbonyl (C=O) groups is 3. The molecule has 1 atom stereocenters. The van der Waals surface area contributed by atoms with Gasteiger partial charge in [-0.2, -0.15) is 0 Å². The van der Waals surface area contributed by atoms with E-state index >= 15 is 0 Å². The van der Waals surface area contributed by atoms with E-state index in [0.717, 1.165) is 36.0 Å². The minimum absolute atomic E-state index is 0.00291. The number of Topliss-reactive ketones (excluding diaryl/α,β-unsaturated/α-hetero) is 1. The molecule has 0 heterocycles. The van der Waals surface area contributed by atoms with Crippen LogP contribution in [0.15, 0.2) is 78.9 Å². The van der Waals surface area contributed by atoms with E-state index < -0.39 is 23.6 Å². The van der Waals surface area contributed by atoms with Crippen LogP contribution in [0.25, 0.3) is 0 Å². The fourth-order valence-corrected chi connectivity index (χ4v) is 6.81. The highest BCUT2D eigenvalue weighted by atomic mass is 16.6. The standard InChI is InChI=1S/C46H64O8/c1-5-6-7-8-9-10-11-12-13-14-15-16-20-23-40(47)28-33-43(54-45(49)35-34-44(48)52-4)36-53-46(37-21-18-17-19-22-37,38-24-29-41(50-2)30-25-38)39-26-31-42(51-3)32-27-39/h17-19,21-22,24-27,29-32,43H,5-16,20,23,28,33-36H2,1-4H3. The number of carbonyl (C=O) groups excluding carboxylic acids is 3. The predicted molar refractivity (Wildman–Crippen MR) is 214 cm³/mol. The summed E-state index contributed by atoms with van der Waals surface area (Å²) in [5.74, 6) is 0.519. The summed E-state index contributed by atoms with van der Waals surface area (Å²) < 4.78 is 28.6. The van der Waals surface area contributed by atoms with E-state index in [1.807, 2.05) is 78.9 Å². The number of benzene rings is 3. The molecule has 0 saturated heterocycles. The number of hydrogen-bond acceptors (Lipinski definition) is 8. The van der Waals surface area contributed by atoms with Gasteiger partial charge in [0.05, 0.1) is 40.8 Å². The normalized spacial score (nSPS) is 11.9. The summed E-state index contributed by atoms with van der Waals surface area (Å²) >= 11 is 0. The Morgan fingerprint density at radius 1 is 0.537 bits per heavy atom. The molecule has 0 aliphatic carbocycles. The van der Waals surface area contributed by atoms with Crippen LogP contribution < -0.4 is 9.47 Å². The van der Waals surface area contributed by atoms with Crippen molar-refractivity contribution in [1.29, 1.82) is 0 Å². The van der Waals surface area contributed by atoms with Gasteiger partial charge in [0.1, 0.15) is 29.0 Å². The Labute approximate surface area is 324 Å². The van der Waals surface area contributed by atoms with Gasteiger partial charge in [0.15, 0.2) is 0 Å². The molecule has 0 N–H and O–H groups in total. The first-order chi connectivity index (χ1) is 26.4. The van der Waals surface area contributed by atoms with Crippen molar-refractivity contribution < 1.29 is 38.1 Å². The van der Waals surface area contributed by atoms with Crippen molar-refractivity contribution in [2.45, 2.75) is 134 Å². The van der Waals surface area contributed by atoms with Crippen LogP contribution in [0.2, 0.25) is 0 Å². The molecule has 0 bridgehead atoms. The van der Waals surface area contributed by atoms with Gasteiger partial charge in [0, 0.05) is 12.8 Å². The van der Waals surface area contributed by atoms with Gasteiger partial charge in [-0.15, -0.1) is 0 Å². The first-order valence-electron chi connectivity index (χ1n) is 20.1. The maximum atomic E-state index is 13.1. The molecule has 3 aromatic carbocycles. The zero-order valence-electron chi connectivity index (χ0n) is 33.3. The van der Waals surface area contributed by atoms with Crippen molar-refractivity contribution >= 4 is 17.7 Å². The molecule has 0 fully saturated rings. The van der Waals surface area contributed by atoms with Crippen LogP contribution in [-0.4, -0.2) is 51.8 Å². The van der Waals surface area contributed by atoms with Gasteiger partial charge in [-0.1, -0.05) is 139 Å². The molecule has 3 aromatic rings. The van der Waals surface area contributed by atoms with Crippen molar-refractivity contribution in [3.63, 3.8) is 0 Å². The monoisotopic (exact) mass is 744 g/mol. The Balaban J connectivity index is 1.69. The highest BCUT2D eigenvalue weighted by Crippen LogP contribution is 2.42. The second-order valence-electron chi connectivity index (χ2n) is 14.1. The molecule has 8 heteroatoms. The summed E-state index contributed by atoms with van der Waals surface area (Å²) in [6.07, 6.45) is 16.4. The summed E-state index contributed by atoms with van der Waals surface area (Å²) in [6, 6.07) is 25.3. The quantitative estimate of drug-likeness (QED) is 0.0394. The topological polar surface area (TPSA) is 97.4 Å². The molecule has 296 valence electrons. The molecule has 0 radical (unpaired) electrons. The average Bonchev–Trinajstić information content (AvgIpc) is 3.21. The molecule has 8 nitrogen and oxygen atoms in total. The molecule has 1 unspecified atom stereocenters. The number of esters is 2. The van der Waals surface area contributed by atoms with Crippen molar-refractivity contribution in [2.75, 3.05) is 27.9 Å². The number of rotatable bonds is 29. The Bertz CT molecular complexity index is 1420. The third kappa shape index (κ3) is 15.3. The number of ketones is 1. The number of hydrogen-bond donors (Lipinski definition) is 0. The molecular formula is C46H64O8. The Kier molecular flexibility index (Phi) is 21.1. The van der Waals surface area contributed by atoms with E-state index in [0.29, 0.717) is 24.3 Å². The van der Waals surface area contributed by atoms with Crippen molar-refractivity contribution in [3.8, 4) is 11.5 Å². The van der Waals surface area contributed by atoms with Crippen LogP contribution in [0.4, 0.5) is 0 Å². The van der Waals surface area contributed by atoms with E-state index in [2.05, 4.69) is 6.92 Å². The van der Waals surface area contributed by atoms with Crippen LogP contribution in [0, 0.1) is 0 Å². The Morgan fingerprint density at radius 3 is 1.48 bits per heavy atom. The van der Waals surface area contributed by atoms with E-state index in [-0.39, 0.29) is 31.7 Å². The maximum absolute atomic E-state index is 13.1. The molecule has 0 aliphatic rings. The SMILES string of the molecule is CCCCCCCCCCCCCCCC(=O)CCC(COC(c1ccccc1)(c1ccc(OC)cc1)c1ccc(OC)cc1)OC(=O)CCC(=O)OC. The van der Waals surface area contributed by atoms with Gasteiger partial charge >= 0.3 is 11.9 Å². The average molecular weight is 745 g/mol. The van der Waals surface area contributed by atoms with Gasteiger partial charge in [0.2, 0.25) is 0 Å². The van der Waals surface area contributed by atoms with Crippen molar-refractivity contribution in [1.82, 2.24) is 0 Å². The largest absolute Gasteiger partial charge is 0.497 e. The number of methoxy groups -OCH3 is 3. The smallest absolute Gasteiger partial charge is 0.306 e. The fraction of sp³-hybridized carbons (Fsp3) is 0.543. The first kappa shape index (κ1) is 44.2. The molecule has 54 heavy (non-hydrogen) atoms. The summed E-state index contributed by atoms with van der Waals surface area (Å²) in [4.78, 5) is 37.9. The highest BCUT2D eigenvalue weighted by molar-refractivity contribution is 5.79. The summed E-state index contributed by atoms with van der Waals surface area (Å²) in [7, 11) is 4.53. The summed E-state index contributed by atoms with van der Waals surface area (Å²) in [5, 5.41) is 0. The molecule has 0 amide bonds. The van der Waals surface area contributed by atoms with Crippen LogP contribution in [0.1, 0.15) is 139 Å². The minimum Gasteiger partial charge on any atom is -0.497 e. The zero-order valence-corrected chi connectivity index (χ0v) is 33.3. The third-order valence-corrected chi connectivity index (χ3v) is 10.0. The molecule has 0 saturated carbocycles. The van der Waals surface area contributed by atoms with Gasteiger partial charge in [-0.25, -0.2) is 0 Å². The fourth-order valence-electron chi connectivity index (χ4n) is 6.81. The van der Waals surface area contributed by atoms with Gasteiger partial charge in [-0.3, -0.25) is 14.4 Å². The highest BCUT2D eigenvalue weighted by Gasteiger charge is 2.39. The second-order valence-corrected chi connectivity index (χ2v) is 14.1. The predicted octanol–water partition coefficient (Wildman–Crippen LogP) is 10.7. The van der Waals surface area contributed by atoms with Crippen LogP contribution >= 0.6 is 0 Å². The van der Waals surface area contributed by atoms with E-state index in [4.69, 9.17) is 23.7 Å². The molecule has 3 rings (SSSR count). The second kappa shape index (κ2) is 25.8. The molecular weight excluding hydrogens is 680 g/mol. The number of unbranched alkanes of at least 4 members (excludes halogenated alkanes) is 12. The summed E-state index contributed by atoms with van der Waals surface area (Å²) in [5.41, 5.74) is 1.44. The Hall–Kier alpha value is -4.17. The van der Waals surface area contributed by atoms with Crippen molar-refractivity contribution in [3.05, 3.63) is 95.6 Å². The van der Waals surface area contributed by atoms with E-state index in [9.17, 15) is 14.4 Å². The molecule has 0 spiro atoms.